The van der Waals surface area contributed by atoms with Crippen LogP contribution in [0, 0.1) is 0 Å². The molecule has 1 unspecified atom stereocenters. The van der Waals surface area contributed by atoms with E-state index in [1.807, 2.05) is 4.90 Å². The first-order chi connectivity index (χ1) is 10.0. The average molecular weight is 297 g/mol. The Morgan fingerprint density at radius 2 is 2.05 bits per heavy atom. The molecule has 1 aliphatic carbocycles. The van der Waals surface area contributed by atoms with E-state index >= 15 is 0 Å². The highest BCUT2D eigenvalue weighted by atomic mass is 16.5. The van der Waals surface area contributed by atoms with Crippen LogP contribution in [0.5, 0.6) is 0 Å². The number of ether oxygens (including phenoxy) is 1. The number of carbonyl (C=O) groups excluding carboxylic acids is 2. The quantitative estimate of drug-likeness (QED) is 0.821. The van der Waals surface area contributed by atoms with E-state index in [1.165, 1.54) is 0 Å². The summed E-state index contributed by atoms with van der Waals surface area (Å²) in [5.41, 5.74) is 5.98. The molecule has 120 valence electrons. The molecule has 3 N–H and O–H groups in total. The molecule has 1 atom stereocenters. The number of hydrogen-bond donors (Lipinski definition) is 2. The first-order valence-electron chi connectivity index (χ1n) is 8.02. The number of rotatable bonds is 4. The normalized spacial score (nSPS) is 24.7. The van der Waals surface area contributed by atoms with Gasteiger partial charge in [-0.05, 0) is 32.6 Å². The van der Waals surface area contributed by atoms with Gasteiger partial charge in [0.05, 0.1) is 6.61 Å². The zero-order valence-electron chi connectivity index (χ0n) is 12.9. The lowest BCUT2D eigenvalue weighted by Gasteiger charge is -2.35. The van der Waals surface area contributed by atoms with Gasteiger partial charge in [-0.15, -0.1) is 0 Å². The van der Waals surface area contributed by atoms with Crippen molar-refractivity contribution in [3.8, 4) is 0 Å². The van der Waals surface area contributed by atoms with Crippen LogP contribution in [0.1, 0.15) is 51.9 Å². The molecular weight excluding hydrogens is 270 g/mol. The number of amides is 2. The molecule has 2 rings (SSSR count). The second-order valence-electron chi connectivity index (χ2n) is 6.29. The van der Waals surface area contributed by atoms with Crippen LogP contribution in [0.15, 0.2) is 0 Å². The number of carbonyl (C=O) groups is 2. The van der Waals surface area contributed by atoms with Crippen molar-refractivity contribution in [3.63, 3.8) is 0 Å². The fourth-order valence-corrected chi connectivity index (χ4v) is 3.33. The van der Waals surface area contributed by atoms with Gasteiger partial charge in [-0.25, -0.2) is 4.79 Å². The third-order valence-corrected chi connectivity index (χ3v) is 4.47. The molecule has 2 amide bonds. The van der Waals surface area contributed by atoms with Gasteiger partial charge in [0.2, 0.25) is 5.91 Å². The molecule has 21 heavy (non-hydrogen) atoms. The molecule has 1 saturated heterocycles. The minimum Gasteiger partial charge on any atom is -0.450 e. The summed E-state index contributed by atoms with van der Waals surface area (Å²) >= 11 is 0. The van der Waals surface area contributed by atoms with Crippen LogP contribution in [0.4, 0.5) is 4.79 Å². The van der Waals surface area contributed by atoms with E-state index in [-0.39, 0.29) is 17.5 Å². The van der Waals surface area contributed by atoms with Crippen molar-refractivity contribution in [1.29, 1.82) is 0 Å². The molecule has 0 radical (unpaired) electrons. The number of likely N-dealkylation sites (tertiary alicyclic amines) is 1. The molecule has 0 spiro atoms. The molecule has 0 aromatic rings. The van der Waals surface area contributed by atoms with Crippen LogP contribution in [-0.4, -0.2) is 48.2 Å². The lowest BCUT2D eigenvalue weighted by Crippen LogP contribution is -2.52. The van der Waals surface area contributed by atoms with Crippen molar-refractivity contribution >= 4 is 12.0 Å². The SMILES string of the molecule is CCOC(=O)NC1CCCN(C(=O)CC2(N)CCCC2)C1. The van der Waals surface area contributed by atoms with Crippen LogP contribution < -0.4 is 11.1 Å². The van der Waals surface area contributed by atoms with Gasteiger partial charge >= 0.3 is 6.09 Å². The van der Waals surface area contributed by atoms with Gasteiger partial charge in [-0.2, -0.15) is 0 Å². The molecule has 0 aromatic heterocycles. The van der Waals surface area contributed by atoms with E-state index < -0.39 is 6.09 Å². The van der Waals surface area contributed by atoms with Crippen molar-refractivity contribution in [3.05, 3.63) is 0 Å². The van der Waals surface area contributed by atoms with Gasteiger partial charge in [0.15, 0.2) is 0 Å². The van der Waals surface area contributed by atoms with E-state index in [9.17, 15) is 9.59 Å². The molecular formula is C15H27N3O3. The maximum atomic E-state index is 12.4. The van der Waals surface area contributed by atoms with E-state index in [0.717, 1.165) is 45.1 Å². The van der Waals surface area contributed by atoms with Gasteiger partial charge in [-0.3, -0.25) is 4.79 Å². The van der Waals surface area contributed by atoms with Gasteiger partial charge in [0.1, 0.15) is 0 Å². The Morgan fingerprint density at radius 1 is 1.33 bits per heavy atom. The first-order valence-corrected chi connectivity index (χ1v) is 8.02. The van der Waals surface area contributed by atoms with Crippen molar-refractivity contribution in [2.24, 2.45) is 5.73 Å². The molecule has 0 bridgehead atoms. The van der Waals surface area contributed by atoms with E-state index in [2.05, 4.69) is 5.32 Å². The molecule has 6 nitrogen and oxygen atoms in total. The molecule has 1 saturated carbocycles. The molecule has 2 aliphatic rings. The molecule has 2 fully saturated rings. The van der Waals surface area contributed by atoms with E-state index in [4.69, 9.17) is 10.5 Å². The van der Waals surface area contributed by atoms with Crippen molar-refractivity contribution in [2.75, 3.05) is 19.7 Å². The third-order valence-electron chi connectivity index (χ3n) is 4.47. The van der Waals surface area contributed by atoms with Crippen molar-refractivity contribution < 1.29 is 14.3 Å². The van der Waals surface area contributed by atoms with Gasteiger partial charge in [0.25, 0.3) is 0 Å². The zero-order chi connectivity index (χ0) is 15.3. The lowest BCUT2D eigenvalue weighted by molar-refractivity contribution is -0.133. The van der Waals surface area contributed by atoms with Crippen molar-refractivity contribution in [2.45, 2.75) is 63.5 Å². The predicted octanol–water partition coefficient (Wildman–Crippen LogP) is 1.39. The Morgan fingerprint density at radius 3 is 2.71 bits per heavy atom. The summed E-state index contributed by atoms with van der Waals surface area (Å²) in [6.45, 7) is 3.46. The van der Waals surface area contributed by atoms with Crippen LogP contribution in [0.2, 0.25) is 0 Å². The van der Waals surface area contributed by atoms with E-state index in [0.29, 0.717) is 19.6 Å². The number of piperidine rings is 1. The summed E-state index contributed by atoms with van der Waals surface area (Å²) in [5, 5.41) is 2.82. The van der Waals surface area contributed by atoms with Gasteiger partial charge < -0.3 is 20.7 Å². The van der Waals surface area contributed by atoms with Crippen LogP contribution in [0.3, 0.4) is 0 Å². The van der Waals surface area contributed by atoms with Crippen LogP contribution >= 0.6 is 0 Å². The second-order valence-corrected chi connectivity index (χ2v) is 6.29. The molecule has 6 heteroatoms. The lowest BCUT2D eigenvalue weighted by atomic mass is 9.93. The summed E-state index contributed by atoms with van der Waals surface area (Å²) in [5.74, 6) is 0.120. The topological polar surface area (TPSA) is 84.7 Å². The Kier molecular flexibility index (Phi) is 5.45. The number of hydrogen-bond acceptors (Lipinski definition) is 4. The number of nitrogens with one attached hydrogen (secondary N) is 1. The highest BCUT2D eigenvalue weighted by Crippen LogP contribution is 2.30. The number of alkyl carbamates (subject to hydrolysis) is 1. The maximum Gasteiger partial charge on any atom is 0.407 e. The summed E-state index contributed by atoms with van der Waals surface area (Å²) in [7, 11) is 0. The van der Waals surface area contributed by atoms with Gasteiger partial charge in [-0.1, -0.05) is 12.8 Å². The Bertz CT molecular complexity index is 380. The monoisotopic (exact) mass is 297 g/mol. The molecule has 1 aliphatic heterocycles. The minimum atomic E-state index is -0.400. The third kappa shape index (κ3) is 4.59. The number of nitrogens with two attached hydrogens (primary N) is 1. The molecule has 1 heterocycles. The summed E-state index contributed by atoms with van der Waals surface area (Å²) < 4.78 is 4.89. The van der Waals surface area contributed by atoms with Crippen LogP contribution in [-0.2, 0) is 9.53 Å². The van der Waals surface area contributed by atoms with Crippen LogP contribution in [0.25, 0.3) is 0 Å². The molecule has 0 aromatic carbocycles. The maximum absolute atomic E-state index is 12.4. The Labute approximate surface area is 126 Å². The average Bonchev–Trinajstić information content (AvgIpc) is 2.85. The smallest absolute Gasteiger partial charge is 0.407 e. The summed E-state index contributed by atoms with van der Waals surface area (Å²) in [4.78, 5) is 25.7. The Hall–Kier alpha value is -1.30. The predicted molar refractivity (Wildman–Crippen MR) is 79.8 cm³/mol. The summed E-state index contributed by atoms with van der Waals surface area (Å²) in [6, 6.07) is -0.0148. The first kappa shape index (κ1) is 16.1. The zero-order valence-corrected chi connectivity index (χ0v) is 12.9. The standard InChI is InChI=1S/C15H27N3O3/c1-2-21-14(20)17-12-6-5-9-18(11-12)13(19)10-15(16)7-3-4-8-15/h12H,2-11,16H2,1H3,(H,17,20). The highest BCUT2D eigenvalue weighted by molar-refractivity contribution is 5.78. The van der Waals surface area contributed by atoms with Crippen molar-refractivity contribution in [1.82, 2.24) is 10.2 Å². The van der Waals surface area contributed by atoms with Gasteiger partial charge in [0, 0.05) is 31.1 Å². The summed E-state index contributed by atoms with van der Waals surface area (Å²) in [6.07, 6.45) is 5.94. The second kappa shape index (κ2) is 7.11. The van der Waals surface area contributed by atoms with E-state index in [1.54, 1.807) is 6.92 Å². The number of nitrogens with zero attached hydrogens (tertiary/aromatic N) is 1. The Balaban J connectivity index is 1.82. The highest BCUT2D eigenvalue weighted by Gasteiger charge is 2.34. The largest absolute Gasteiger partial charge is 0.450 e. The fourth-order valence-electron chi connectivity index (χ4n) is 3.33. The fraction of sp³-hybridized carbons (Fsp3) is 0.867. The minimum absolute atomic E-state index is 0.0148.